The summed E-state index contributed by atoms with van der Waals surface area (Å²) >= 11 is 1.06. The van der Waals surface area contributed by atoms with E-state index in [2.05, 4.69) is 10.3 Å². The van der Waals surface area contributed by atoms with Crippen molar-refractivity contribution in [1.82, 2.24) is 4.98 Å². The van der Waals surface area contributed by atoms with Crippen molar-refractivity contribution >= 4 is 45.5 Å². The highest BCUT2D eigenvalue weighted by Crippen LogP contribution is 2.40. The third-order valence-electron chi connectivity index (χ3n) is 4.18. The van der Waals surface area contributed by atoms with Crippen LogP contribution in [0.1, 0.15) is 17.4 Å². The molecule has 1 aliphatic rings. The van der Waals surface area contributed by atoms with Crippen LogP contribution in [0.5, 0.6) is 0 Å². The Kier molecular flexibility index (Phi) is 5.61. The molecule has 0 bridgehead atoms. The maximum atomic E-state index is 12.6. The fourth-order valence-electron chi connectivity index (χ4n) is 2.91. The molecule has 148 valence electrons. The first-order valence-electron chi connectivity index (χ1n) is 8.47. The van der Waals surface area contributed by atoms with Crippen molar-refractivity contribution in [3.05, 3.63) is 46.7 Å². The molecule has 1 aromatic carbocycles. The second-order valence-corrected chi connectivity index (χ2v) is 6.99. The maximum Gasteiger partial charge on any atom is 0.358 e. The van der Waals surface area contributed by atoms with Crippen molar-refractivity contribution in [2.45, 2.75) is 6.92 Å². The fourth-order valence-corrected chi connectivity index (χ4v) is 3.64. The number of fused-ring (bicyclic) bond motifs is 1. The van der Waals surface area contributed by atoms with Crippen molar-refractivity contribution in [2.75, 3.05) is 35.8 Å². The van der Waals surface area contributed by atoms with Gasteiger partial charge in [-0.05, 0) is 12.1 Å². The normalized spacial score (nSPS) is 12.3. The van der Waals surface area contributed by atoms with E-state index in [0.29, 0.717) is 5.82 Å². The molecule has 0 radical (unpaired) electrons. The number of carbonyl (C=O) groups excluding carboxylic acids is 3. The highest BCUT2D eigenvalue weighted by atomic mass is 32.1. The van der Waals surface area contributed by atoms with Gasteiger partial charge in [-0.15, -0.1) is 11.3 Å². The van der Waals surface area contributed by atoms with E-state index in [-0.39, 0.29) is 22.3 Å². The average Bonchev–Trinajstić information content (AvgIpc) is 3.25. The van der Waals surface area contributed by atoms with Crippen LogP contribution in [-0.4, -0.2) is 43.3 Å². The van der Waals surface area contributed by atoms with Gasteiger partial charge in [-0.3, -0.25) is 9.59 Å². The largest absolute Gasteiger partial charge is 0.453 e. The van der Waals surface area contributed by atoms with E-state index < -0.39 is 18.4 Å². The van der Waals surface area contributed by atoms with E-state index in [1.165, 1.54) is 12.3 Å². The number of amides is 1. The number of carbonyl (C=O) groups is 3. The number of hydrogen-bond donors (Lipinski definition) is 1. The van der Waals surface area contributed by atoms with Gasteiger partial charge in [0.05, 0.1) is 11.4 Å². The lowest BCUT2D eigenvalue weighted by molar-refractivity contribution is -0.118. The van der Waals surface area contributed by atoms with E-state index in [1.54, 1.807) is 23.9 Å². The zero-order valence-corrected chi connectivity index (χ0v) is 16.7. The van der Waals surface area contributed by atoms with Crippen LogP contribution in [0.3, 0.4) is 0 Å². The SMILES string of the molecule is CC(=O)Nc1nc(C(=O)OCC(=O)C(C#N)=C2N(C)c3ccccc3N2C)cs1. The molecule has 2 heterocycles. The van der Waals surface area contributed by atoms with Crippen LogP contribution in [0, 0.1) is 11.3 Å². The number of anilines is 3. The van der Waals surface area contributed by atoms with Gasteiger partial charge in [0.25, 0.3) is 0 Å². The van der Waals surface area contributed by atoms with Gasteiger partial charge in [0, 0.05) is 26.4 Å². The van der Waals surface area contributed by atoms with Crippen molar-refractivity contribution < 1.29 is 19.1 Å². The molecule has 29 heavy (non-hydrogen) atoms. The molecule has 1 aliphatic heterocycles. The first-order valence-corrected chi connectivity index (χ1v) is 9.35. The highest BCUT2D eigenvalue weighted by Gasteiger charge is 2.31. The van der Waals surface area contributed by atoms with Crippen molar-refractivity contribution in [2.24, 2.45) is 0 Å². The standard InChI is InChI=1S/C19H17N5O4S/c1-11(25)21-19-22-13(10-29-19)18(27)28-9-16(26)12(8-20)17-23(2)14-6-4-5-7-15(14)24(17)3/h4-7,10H,9H2,1-3H3,(H,21,22,25). The Morgan fingerprint density at radius 3 is 2.38 bits per heavy atom. The zero-order chi connectivity index (χ0) is 21.1. The monoisotopic (exact) mass is 411 g/mol. The van der Waals surface area contributed by atoms with E-state index >= 15 is 0 Å². The second kappa shape index (κ2) is 8.12. The van der Waals surface area contributed by atoms with Crippen molar-refractivity contribution in [3.8, 4) is 6.07 Å². The van der Waals surface area contributed by atoms with Gasteiger partial charge in [-0.25, -0.2) is 9.78 Å². The minimum absolute atomic E-state index is 0.0276. The maximum absolute atomic E-state index is 12.6. The fraction of sp³-hybridized carbons (Fsp3) is 0.211. The van der Waals surface area contributed by atoms with E-state index in [4.69, 9.17) is 4.74 Å². The predicted molar refractivity (Wildman–Crippen MR) is 108 cm³/mol. The number of para-hydroxylation sites is 2. The number of nitrogens with one attached hydrogen (secondary N) is 1. The van der Waals surface area contributed by atoms with Gasteiger partial charge in [0.2, 0.25) is 11.7 Å². The Labute approximate surface area is 170 Å². The van der Waals surface area contributed by atoms with Gasteiger partial charge >= 0.3 is 5.97 Å². The van der Waals surface area contributed by atoms with Crippen LogP contribution >= 0.6 is 11.3 Å². The molecule has 0 fully saturated rings. The van der Waals surface area contributed by atoms with Gasteiger partial charge < -0.3 is 19.9 Å². The number of hydrogen-bond acceptors (Lipinski definition) is 9. The minimum Gasteiger partial charge on any atom is -0.453 e. The summed E-state index contributed by atoms with van der Waals surface area (Å²) in [5.74, 6) is -1.34. The molecular formula is C19H17N5O4S. The van der Waals surface area contributed by atoms with Crippen LogP contribution in [0.4, 0.5) is 16.5 Å². The zero-order valence-electron chi connectivity index (χ0n) is 15.9. The van der Waals surface area contributed by atoms with E-state index in [9.17, 15) is 19.6 Å². The molecule has 3 rings (SSSR count). The Morgan fingerprint density at radius 1 is 1.21 bits per heavy atom. The number of nitriles is 1. The lowest BCUT2D eigenvalue weighted by Crippen LogP contribution is -2.27. The van der Waals surface area contributed by atoms with Crippen LogP contribution in [0.25, 0.3) is 0 Å². The Balaban J connectivity index is 1.74. The Hall–Kier alpha value is -3.71. The number of nitrogens with zero attached hydrogens (tertiary/aromatic N) is 4. The van der Waals surface area contributed by atoms with E-state index in [1.807, 2.05) is 30.3 Å². The van der Waals surface area contributed by atoms with Gasteiger partial charge in [-0.2, -0.15) is 5.26 Å². The summed E-state index contributed by atoms with van der Waals surface area (Å²) < 4.78 is 5.02. The molecule has 0 aliphatic carbocycles. The molecule has 9 nitrogen and oxygen atoms in total. The number of esters is 1. The van der Waals surface area contributed by atoms with Crippen molar-refractivity contribution in [3.63, 3.8) is 0 Å². The second-order valence-electron chi connectivity index (χ2n) is 6.14. The van der Waals surface area contributed by atoms with Gasteiger partial charge in [0.15, 0.2) is 17.4 Å². The summed E-state index contributed by atoms with van der Waals surface area (Å²) in [6.07, 6.45) is 0. The first-order chi connectivity index (χ1) is 13.8. The first kappa shape index (κ1) is 20.0. The third-order valence-corrected chi connectivity index (χ3v) is 4.94. The number of ether oxygens (including phenoxy) is 1. The molecular weight excluding hydrogens is 394 g/mol. The Morgan fingerprint density at radius 2 is 1.83 bits per heavy atom. The molecule has 10 heteroatoms. The molecule has 0 unspecified atom stereocenters. The summed E-state index contributed by atoms with van der Waals surface area (Å²) in [5.41, 5.74) is 1.57. The molecule has 1 aromatic heterocycles. The Bertz CT molecular complexity index is 1040. The summed E-state index contributed by atoms with van der Waals surface area (Å²) in [6.45, 7) is 0.723. The van der Waals surface area contributed by atoms with Crippen LogP contribution in [0.15, 0.2) is 41.0 Å². The van der Waals surface area contributed by atoms with E-state index in [0.717, 1.165) is 22.7 Å². The molecule has 0 spiro atoms. The summed E-state index contributed by atoms with van der Waals surface area (Å²) in [6, 6.07) is 9.42. The molecule has 2 aromatic rings. The van der Waals surface area contributed by atoms with Crippen LogP contribution in [0.2, 0.25) is 0 Å². The number of benzene rings is 1. The topological polar surface area (TPSA) is 116 Å². The lowest BCUT2D eigenvalue weighted by atomic mass is 10.2. The lowest BCUT2D eigenvalue weighted by Gasteiger charge is -2.19. The van der Waals surface area contributed by atoms with Gasteiger partial charge in [-0.1, -0.05) is 12.1 Å². The molecule has 0 saturated carbocycles. The predicted octanol–water partition coefficient (Wildman–Crippen LogP) is 2.15. The quantitative estimate of drug-likeness (QED) is 0.452. The summed E-state index contributed by atoms with van der Waals surface area (Å²) in [4.78, 5) is 43.2. The number of aromatic nitrogens is 1. The molecule has 1 N–H and O–H groups in total. The minimum atomic E-state index is -0.815. The van der Waals surface area contributed by atoms with Crippen molar-refractivity contribution in [1.29, 1.82) is 5.26 Å². The summed E-state index contributed by atoms with van der Waals surface area (Å²) in [5, 5.41) is 13.7. The molecule has 0 saturated heterocycles. The third kappa shape index (κ3) is 3.95. The number of ketones is 1. The number of Topliss-reactive ketones (excluding diaryl/α,β-unsaturated/α-hetero) is 1. The van der Waals surface area contributed by atoms with Gasteiger partial charge in [0.1, 0.15) is 17.5 Å². The smallest absolute Gasteiger partial charge is 0.358 e. The number of thiazole rings is 1. The van der Waals surface area contributed by atoms with Crippen LogP contribution in [-0.2, 0) is 14.3 Å². The summed E-state index contributed by atoms with van der Waals surface area (Å²) in [7, 11) is 3.51. The number of rotatable bonds is 5. The van der Waals surface area contributed by atoms with Crippen LogP contribution < -0.4 is 15.1 Å². The molecule has 0 atom stereocenters. The average molecular weight is 411 g/mol. The highest BCUT2D eigenvalue weighted by molar-refractivity contribution is 7.14. The molecule has 1 amide bonds.